The Morgan fingerprint density at radius 2 is 1.81 bits per heavy atom. The summed E-state index contributed by atoms with van der Waals surface area (Å²) in [7, 11) is 0. The average Bonchev–Trinajstić information content (AvgIpc) is 2.49. The predicted molar refractivity (Wildman–Crippen MR) is 82.7 cm³/mol. The summed E-state index contributed by atoms with van der Waals surface area (Å²) in [6, 6.07) is 7.43. The average molecular weight is 292 g/mol. The van der Waals surface area contributed by atoms with Crippen molar-refractivity contribution in [2.24, 2.45) is 0 Å². The summed E-state index contributed by atoms with van der Waals surface area (Å²) in [6.07, 6.45) is 0.158. The molecule has 0 bridgehead atoms. The second-order valence-electron chi connectivity index (χ2n) is 5.49. The molecular weight excluding hydrogens is 268 g/mol. The Hall–Kier alpha value is -1.75. The summed E-state index contributed by atoms with van der Waals surface area (Å²) in [4.78, 5) is 14.1. The molecule has 21 heavy (non-hydrogen) atoms. The van der Waals surface area contributed by atoms with Crippen molar-refractivity contribution in [2.45, 2.75) is 32.9 Å². The van der Waals surface area contributed by atoms with Gasteiger partial charge in [-0.1, -0.05) is 0 Å². The Morgan fingerprint density at radius 3 is 2.38 bits per heavy atom. The molecule has 0 saturated carbocycles. The summed E-state index contributed by atoms with van der Waals surface area (Å²) in [6.45, 7) is 8.47. The van der Waals surface area contributed by atoms with Crippen LogP contribution in [0.25, 0.3) is 0 Å². The van der Waals surface area contributed by atoms with E-state index in [4.69, 9.17) is 9.47 Å². The van der Waals surface area contributed by atoms with Crippen molar-refractivity contribution in [1.29, 1.82) is 0 Å². The van der Waals surface area contributed by atoms with Gasteiger partial charge in [0.2, 0.25) is 5.91 Å². The molecule has 1 aromatic carbocycles. The number of benzene rings is 1. The van der Waals surface area contributed by atoms with E-state index in [2.05, 4.69) is 5.32 Å². The Kier molecular flexibility index (Phi) is 5.44. The lowest BCUT2D eigenvalue weighted by Gasteiger charge is -2.29. The summed E-state index contributed by atoms with van der Waals surface area (Å²) in [5, 5.41) is 3.23. The Morgan fingerprint density at radius 1 is 1.19 bits per heavy atom. The Labute approximate surface area is 126 Å². The fourth-order valence-electron chi connectivity index (χ4n) is 2.27. The van der Waals surface area contributed by atoms with E-state index < -0.39 is 0 Å². The zero-order chi connectivity index (χ0) is 15.2. The van der Waals surface area contributed by atoms with Crippen LogP contribution in [0.3, 0.4) is 0 Å². The van der Waals surface area contributed by atoms with Crippen LogP contribution < -0.4 is 10.1 Å². The first kappa shape index (κ1) is 15.6. The summed E-state index contributed by atoms with van der Waals surface area (Å²) in [5.74, 6) is 0.948. The number of ether oxygens (including phenoxy) is 2. The quantitative estimate of drug-likeness (QED) is 0.903. The van der Waals surface area contributed by atoms with Crippen LogP contribution in [-0.2, 0) is 9.53 Å². The number of hydrogen-bond donors (Lipinski definition) is 1. The van der Waals surface area contributed by atoms with Crippen molar-refractivity contribution in [2.75, 3.05) is 31.6 Å². The van der Waals surface area contributed by atoms with Gasteiger partial charge in [0.1, 0.15) is 11.8 Å². The van der Waals surface area contributed by atoms with E-state index in [1.165, 1.54) is 0 Å². The second-order valence-corrected chi connectivity index (χ2v) is 5.49. The molecule has 0 radical (unpaired) electrons. The molecule has 1 aliphatic rings. The standard InChI is InChI=1S/C16H24N2O3/c1-12(2)21-15-6-4-14(5-7-15)17-13(3)16(19)18-8-10-20-11-9-18/h4-7,12-13,17H,8-11H2,1-3H3. The van der Waals surface area contributed by atoms with Crippen LogP contribution >= 0.6 is 0 Å². The minimum absolute atomic E-state index is 0.112. The fraction of sp³-hybridized carbons (Fsp3) is 0.562. The van der Waals surface area contributed by atoms with Crippen LogP contribution in [0.5, 0.6) is 5.75 Å². The first-order chi connectivity index (χ1) is 10.1. The monoisotopic (exact) mass is 292 g/mol. The maximum atomic E-state index is 12.3. The third-order valence-electron chi connectivity index (χ3n) is 3.30. The van der Waals surface area contributed by atoms with Gasteiger partial charge in [-0.2, -0.15) is 0 Å². The number of carbonyl (C=O) groups excluding carboxylic acids is 1. The van der Waals surface area contributed by atoms with E-state index in [0.29, 0.717) is 26.3 Å². The van der Waals surface area contributed by atoms with Gasteiger partial charge in [-0.05, 0) is 45.0 Å². The van der Waals surface area contributed by atoms with Gasteiger partial charge >= 0.3 is 0 Å². The molecule has 0 spiro atoms. The van der Waals surface area contributed by atoms with Gasteiger partial charge in [0.25, 0.3) is 0 Å². The lowest BCUT2D eigenvalue weighted by molar-refractivity contribution is -0.135. The lowest BCUT2D eigenvalue weighted by Crippen LogP contribution is -2.46. The van der Waals surface area contributed by atoms with Crippen LogP contribution in [0.4, 0.5) is 5.69 Å². The molecule has 1 aromatic rings. The van der Waals surface area contributed by atoms with Crippen LogP contribution in [0.2, 0.25) is 0 Å². The molecule has 0 aromatic heterocycles. The summed E-state index contributed by atoms with van der Waals surface area (Å²) < 4.78 is 10.9. The normalized spacial score (nSPS) is 16.7. The van der Waals surface area contributed by atoms with Gasteiger partial charge in [0, 0.05) is 18.8 Å². The smallest absolute Gasteiger partial charge is 0.244 e. The van der Waals surface area contributed by atoms with Gasteiger partial charge in [-0.25, -0.2) is 0 Å². The summed E-state index contributed by atoms with van der Waals surface area (Å²) >= 11 is 0. The van der Waals surface area contributed by atoms with Gasteiger partial charge < -0.3 is 19.7 Å². The highest BCUT2D eigenvalue weighted by Gasteiger charge is 2.22. The van der Waals surface area contributed by atoms with Gasteiger partial charge in [0.15, 0.2) is 0 Å². The number of amides is 1. The zero-order valence-electron chi connectivity index (χ0n) is 13.0. The van der Waals surface area contributed by atoms with Crippen molar-refractivity contribution in [3.63, 3.8) is 0 Å². The molecule has 1 aliphatic heterocycles. The molecule has 1 atom stereocenters. The molecule has 1 unspecified atom stereocenters. The van der Waals surface area contributed by atoms with E-state index in [9.17, 15) is 4.79 Å². The zero-order valence-corrected chi connectivity index (χ0v) is 13.0. The Balaban J connectivity index is 1.89. The van der Waals surface area contributed by atoms with Crippen LogP contribution in [0, 0.1) is 0 Å². The summed E-state index contributed by atoms with van der Waals surface area (Å²) in [5.41, 5.74) is 0.917. The number of nitrogens with one attached hydrogen (secondary N) is 1. The van der Waals surface area contributed by atoms with Gasteiger partial charge in [-0.3, -0.25) is 4.79 Å². The number of carbonyl (C=O) groups is 1. The molecule has 1 amide bonds. The third kappa shape index (κ3) is 4.63. The highest BCUT2D eigenvalue weighted by molar-refractivity contribution is 5.84. The first-order valence-electron chi connectivity index (χ1n) is 7.46. The SMILES string of the molecule is CC(C)Oc1ccc(NC(C)C(=O)N2CCOCC2)cc1. The topological polar surface area (TPSA) is 50.8 Å². The maximum absolute atomic E-state index is 12.3. The van der Waals surface area contributed by atoms with Crippen molar-refractivity contribution in [3.05, 3.63) is 24.3 Å². The minimum atomic E-state index is -0.250. The van der Waals surface area contributed by atoms with Crippen molar-refractivity contribution in [3.8, 4) is 5.75 Å². The highest BCUT2D eigenvalue weighted by atomic mass is 16.5. The van der Waals surface area contributed by atoms with E-state index >= 15 is 0 Å². The molecule has 1 heterocycles. The number of rotatable bonds is 5. The van der Waals surface area contributed by atoms with E-state index in [1.54, 1.807) is 0 Å². The molecule has 5 nitrogen and oxygen atoms in total. The molecule has 5 heteroatoms. The van der Waals surface area contributed by atoms with Crippen LogP contribution in [-0.4, -0.2) is 49.3 Å². The molecule has 1 saturated heterocycles. The molecule has 1 fully saturated rings. The minimum Gasteiger partial charge on any atom is -0.491 e. The maximum Gasteiger partial charge on any atom is 0.244 e. The predicted octanol–water partition coefficient (Wildman–Crippen LogP) is 2.13. The molecule has 0 aliphatic carbocycles. The van der Waals surface area contributed by atoms with Crippen LogP contribution in [0.1, 0.15) is 20.8 Å². The number of nitrogens with zero attached hydrogens (tertiary/aromatic N) is 1. The number of hydrogen-bond acceptors (Lipinski definition) is 4. The van der Waals surface area contributed by atoms with E-state index in [1.807, 2.05) is 49.9 Å². The Bertz CT molecular complexity index is 453. The van der Waals surface area contributed by atoms with Crippen molar-refractivity contribution >= 4 is 11.6 Å². The second kappa shape index (κ2) is 7.31. The highest BCUT2D eigenvalue weighted by Crippen LogP contribution is 2.18. The van der Waals surface area contributed by atoms with Crippen molar-refractivity contribution < 1.29 is 14.3 Å². The largest absolute Gasteiger partial charge is 0.491 e. The lowest BCUT2D eigenvalue weighted by atomic mass is 10.2. The molecule has 2 rings (SSSR count). The molecule has 116 valence electrons. The number of morpholine rings is 1. The fourth-order valence-corrected chi connectivity index (χ4v) is 2.27. The first-order valence-corrected chi connectivity index (χ1v) is 7.46. The molecular formula is C16H24N2O3. The van der Waals surface area contributed by atoms with Crippen molar-refractivity contribution in [1.82, 2.24) is 4.90 Å². The van der Waals surface area contributed by atoms with Gasteiger partial charge in [-0.15, -0.1) is 0 Å². The van der Waals surface area contributed by atoms with E-state index in [-0.39, 0.29) is 18.1 Å². The number of anilines is 1. The van der Waals surface area contributed by atoms with E-state index in [0.717, 1.165) is 11.4 Å². The third-order valence-corrected chi connectivity index (χ3v) is 3.30. The van der Waals surface area contributed by atoms with Gasteiger partial charge in [0.05, 0.1) is 19.3 Å². The molecule has 1 N–H and O–H groups in total. The van der Waals surface area contributed by atoms with Crippen LogP contribution in [0.15, 0.2) is 24.3 Å².